The maximum absolute atomic E-state index is 10.8. The van der Waals surface area contributed by atoms with Gasteiger partial charge >= 0.3 is 31.4 Å². The maximum atomic E-state index is 10.8. The molecule has 0 unspecified atom stereocenters. The van der Waals surface area contributed by atoms with Gasteiger partial charge < -0.3 is 40.7 Å². The Balaban J connectivity index is 0.000000680. The number of ether oxygens (including phenoxy) is 2. The Labute approximate surface area is 267 Å². The zero-order chi connectivity index (χ0) is 31.3. The minimum Gasteiger partial charge on any atom is -0.753 e. The summed E-state index contributed by atoms with van der Waals surface area (Å²) >= 11 is 7.40. The van der Waals surface area contributed by atoms with Gasteiger partial charge in [-0.1, -0.05) is 24.4 Å². The van der Waals surface area contributed by atoms with E-state index in [-0.39, 0.29) is 30.6 Å². The molecule has 4 rings (SSSR count). The summed E-state index contributed by atoms with van der Waals surface area (Å²) in [7, 11) is 0. The molecule has 14 nitrogen and oxygen atoms in total. The van der Waals surface area contributed by atoms with Gasteiger partial charge in [-0.3, -0.25) is 19.9 Å². The summed E-state index contributed by atoms with van der Waals surface area (Å²) in [5.74, 6) is -1.18. The summed E-state index contributed by atoms with van der Waals surface area (Å²) in [6.45, 7) is -0.877. The van der Waals surface area contributed by atoms with Crippen molar-refractivity contribution in [1.82, 2.24) is 19.9 Å². The Bertz CT molecular complexity index is 1440. The van der Waals surface area contributed by atoms with E-state index in [0.717, 1.165) is 0 Å². The smallest absolute Gasteiger partial charge is 0.753 e. The van der Waals surface area contributed by atoms with Crippen LogP contribution in [0.3, 0.4) is 0 Å². The summed E-state index contributed by atoms with van der Waals surface area (Å²) in [6, 6.07) is 12.0. The number of carboxylic acids is 2. The number of isothiocyanates is 2. The Morgan fingerprint density at radius 3 is 1.21 bits per heavy atom. The minimum absolute atomic E-state index is 0. The van der Waals surface area contributed by atoms with E-state index in [2.05, 4.69) is 44.4 Å². The second-order valence-corrected chi connectivity index (χ2v) is 7.32. The number of hydrogen-bond acceptors (Lipinski definition) is 12. The van der Waals surface area contributed by atoms with Crippen LogP contribution < -0.4 is 9.47 Å². The second-order valence-electron chi connectivity index (χ2n) is 6.95. The van der Waals surface area contributed by atoms with Crippen LogP contribution in [0.2, 0.25) is 0 Å². The number of hydrogen-bond donors (Lipinski definition) is 4. The van der Waals surface area contributed by atoms with E-state index >= 15 is 0 Å². The number of pyridine rings is 4. The van der Waals surface area contributed by atoms with E-state index in [0.29, 0.717) is 34.3 Å². The summed E-state index contributed by atoms with van der Waals surface area (Å²) in [5.41, 5.74) is 2.08. The van der Waals surface area contributed by atoms with Crippen molar-refractivity contribution in [1.29, 1.82) is 0 Å². The molecular weight excluding hydrogens is 690 g/mol. The van der Waals surface area contributed by atoms with E-state index < -0.39 is 25.5 Å². The fourth-order valence-corrected chi connectivity index (χ4v) is 2.84. The molecular formula is C26H20N6O8RuS2. The van der Waals surface area contributed by atoms with Crippen molar-refractivity contribution >= 4 is 46.7 Å². The molecule has 0 aliphatic carbocycles. The molecule has 0 fully saturated rings. The largest absolute Gasteiger partial charge is 2.00 e. The van der Waals surface area contributed by atoms with E-state index in [1.54, 1.807) is 24.3 Å². The second kappa shape index (κ2) is 22.0. The quantitative estimate of drug-likeness (QED) is 0.0886. The topological polar surface area (TPSA) is 230 Å². The van der Waals surface area contributed by atoms with Gasteiger partial charge in [0.2, 0.25) is 0 Å². The van der Waals surface area contributed by atoms with Crippen LogP contribution in [-0.2, 0) is 19.5 Å². The molecule has 0 atom stereocenters. The number of rotatable bonds is 8. The first-order chi connectivity index (χ1) is 20.2. The van der Waals surface area contributed by atoms with E-state index in [1.165, 1.54) is 59.4 Å². The third-order valence-corrected chi connectivity index (χ3v) is 4.46. The molecule has 4 aromatic heterocycles. The van der Waals surface area contributed by atoms with Crippen LogP contribution in [0.4, 0.5) is 0 Å². The molecule has 0 aliphatic rings. The molecule has 0 aromatic carbocycles. The van der Waals surface area contributed by atoms with Gasteiger partial charge in [0, 0.05) is 36.9 Å². The zero-order valence-corrected chi connectivity index (χ0v) is 25.0. The number of aliphatic hydroxyl groups is 2. The standard InChI is InChI=1S/2C12H10N2O4.2CNS.Ru/c2*15-7-18-9-2-4-14-11(6-9)10-5-8(12(16)17)1-3-13-10;2*2-1-3;/h2*1-6,15H,7H2,(H,16,17);;;/q;;2*-1;+2. The van der Waals surface area contributed by atoms with Crippen molar-refractivity contribution in [3.05, 3.63) is 95.3 Å². The van der Waals surface area contributed by atoms with Crippen molar-refractivity contribution in [3.8, 4) is 34.3 Å². The van der Waals surface area contributed by atoms with E-state index in [1.807, 2.05) is 0 Å². The zero-order valence-electron chi connectivity index (χ0n) is 21.6. The molecule has 0 saturated heterocycles. The van der Waals surface area contributed by atoms with E-state index in [4.69, 9.17) is 40.7 Å². The summed E-state index contributed by atoms with van der Waals surface area (Å²) in [4.78, 5) is 37.9. The number of nitrogens with zero attached hydrogens (tertiary/aromatic N) is 6. The fourth-order valence-electron chi connectivity index (χ4n) is 2.84. The van der Waals surface area contributed by atoms with Crippen molar-refractivity contribution in [2.45, 2.75) is 0 Å². The summed E-state index contributed by atoms with van der Waals surface area (Å²) in [5, 5.41) is 52.0. The average Bonchev–Trinajstić information content (AvgIpc) is 2.99. The normalized spacial score (nSPS) is 8.79. The van der Waals surface area contributed by atoms with Crippen LogP contribution in [0.25, 0.3) is 33.6 Å². The van der Waals surface area contributed by atoms with Gasteiger partial charge in [-0.2, -0.15) is 10.3 Å². The third kappa shape index (κ3) is 14.1. The number of aromatic carboxylic acids is 2. The predicted molar refractivity (Wildman–Crippen MR) is 156 cm³/mol. The first kappa shape index (κ1) is 38.3. The number of thiocarbonyl (C=S) groups is 2. The molecule has 0 bridgehead atoms. The first-order valence-electron chi connectivity index (χ1n) is 11.1. The molecule has 17 heteroatoms. The minimum atomic E-state index is -1.03. The Morgan fingerprint density at radius 1 is 0.651 bits per heavy atom. The maximum Gasteiger partial charge on any atom is 2.00 e. The van der Waals surface area contributed by atoms with Crippen LogP contribution in [-0.4, -0.2) is 76.2 Å². The van der Waals surface area contributed by atoms with Crippen molar-refractivity contribution < 1.29 is 59.0 Å². The molecule has 0 aliphatic heterocycles. The van der Waals surface area contributed by atoms with Gasteiger partial charge in [-0.05, 0) is 36.4 Å². The van der Waals surface area contributed by atoms with Crippen LogP contribution >= 0.6 is 24.4 Å². The van der Waals surface area contributed by atoms with Gasteiger partial charge in [0.25, 0.3) is 0 Å². The average molecular weight is 710 g/mol. The number of carbonyl (C=O) groups is 2. The van der Waals surface area contributed by atoms with Gasteiger partial charge in [-0.15, -0.1) is 0 Å². The van der Waals surface area contributed by atoms with Crippen LogP contribution in [0.1, 0.15) is 20.7 Å². The van der Waals surface area contributed by atoms with Crippen molar-refractivity contribution in [2.24, 2.45) is 0 Å². The summed E-state index contributed by atoms with van der Waals surface area (Å²) in [6.07, 6.45) is 5.80. The van der Waals surface area contributed by atoms with Crippen LogP contribution in [0.5, 0.6) is 11.5 Å². The van der Waals surface area contributed by atoms with Gasteiger partial charge in [0.05, 0.1) is 33.9 Å². The Morgan fingerprint density at radius 2 is 0.930 bits per heavy atom. The summed E-state index contributed by atoms with van der Waals surface area (Å²) < 4.78 is 9.83. The van der Waals surface area contributed by atoms with Gasteiger partial charge in [0.1, 0.15) is 11.5 Å². The molecule has 4 aromatic rings. The van der Waals surface area contributed by atoms with Crippen LogP contribution in [0, 0.1) is 0 Å². The monoisotopic (exact) mass is 710 g/mol. The number of aromatic nitrogens is 4. The molecule has 4 heterocycles. The van der Waals surface area contributed by atoms with Crippen molar-refractivity contribution in [2.75, 3.05) is 13.6 Å². The molecule has 222 valence electrons. The predicted octanol–water partition coefficient (Wildman–Crippen LogP) is 3.66. The van der Waals surface area contributed by atoms with Crippen molar-refractivity contribution in [3.63, 3.8) is 0 Å². The number of carboxylic acid groups (broad SMARTS) is 2. The van der Waals surface area contributed by atoms with Gasteiger partial charge in [0.15, 0.2) is 13.6 Å². The SMILES string of the molecule is O=C(O)c1ccnc(-c2cc(OCO)ccn2)c1.O=C(O)c1ccnc(-c2cc(OCO)ccn2)c1.[N-]=C=S.[N-]=C=S.[Ru+2]. The molecule has 43 heavy (non-hydrogen) atoms. The fraction of sp³-hybridized carbons (Fsp3) is 0.0769. The number of aliphatic hydroxyl groups excluding tert-OH is 2. The van der Waals surface area contributed by atoms with E-state index in [9.17, 15) is 9.59 Å². The molecule has 0 spiro atoms. The molecule has 0 amide bonds. The first-order valence-corrected chi connectivity index (χ1v) is 11.9. The van der Waals surface area contributed by atoms with Crippen LogP contribution in [0.15, 0.2) is 73.3 Å². The molecule has 4 N–H and O–H groups in total. The Hall–Kier alpha value is -4.72. The molecule has 0 saturated carbocycles. The Kier molecular flexibility index (Phi) is 19.5. The van der Waals surface area contributed by atoms with Gasteiger partial charge in [-0.25, -0.2) is 9.59 Å². The third-order valence-electron chi connectivity index (χ3n) is 4.46. The molecule has 0 radical (unpaired) electrons.